The van der Waals surface area contributed by atoms with Crippen LogP contribution in [0.2, 0.25) is 0 Å². The third-order valence-electron chi connectivity index (χ3n) is 2.67. The minimum atomic E-state index is -0.892. The molecule has 0 radical (unpaired) electrons. The fourth-order valence-electron chi connectivity index (χ4n) is 1.65. The van der Waals surface area contributed by atoms with E-state index in [1.165, 1.54) is 38.5 Å². The van der Waals surface area contributed by atoms with Crippen LogP contribution in [0, 0.1) is 0 Å². The zero-order valence-electron chi connectivity index (χ0n) is 11.7. The average Bonchev–Trinajstić information content (AvgIpc) is 2.36. The number of ether oxygens (including phenoxy) is 2. The summed E-state index contributed by atoms with van der Waals surface area (Å²) in [7, 11) is 0. The summed E-state index contributed by atoms with van der Waals surface area (Å²) in [6.07, 6.45) is 9.46. The maximum Gasteiger partial charge on any atom is 0.417 e. The van der Waals surface area contributed by atoms with E-state index in [1.807, 2.05) is 0 Å². The second-order valence-electron chi connectivity index (χ2n) is 4.33. The van der Waals surface area contributed by atoms with Crippen LogP contribution in [-0.4, -0.2) is 25.2 Å². The Morgan fingerprint density at radius 2 is 1.22 bits per heavy atom. The first-order valence-electron chi connectivity index (χ1n) is 7.06. The van der Waals surface area contributed by atoms with Gasteiger partial charge in [-0.2, -0.15) is 0 Å². The van der Waals surface area contributed by atoms with Crippen LogP contribution in [0.3, 0.4) is 0 Å². The van der Waals surface area contributed by atoms with Gasteiger partial charge in [0.1, 0.15) is 0 Å². The van der Waals surface area contributed by atoms with Crippen molar-refractivity contribution in [2.45, 2.75) is 65.2 Å². The molecule has 0 saturated heterocycles. The van der Waals surface area contributed by atoms with Crippen molar-refractivity contribution in [3.05, 3.63) is 0 Å². The molecule has 0 aliphatic heterocycles. The van der Waals surface area contributed by atoms with Crippen molar-refractivity contribution in [1.29, 1.82) is 0 Å². The highest BCUT2D eigenvalue weighted by Gasteiger charge is 2.15. The molecule has 0 aromatic rings. The van der Waals surface area contributed by atoms with E-state index in [9.17, 15) is 9.59 Å². The standard InChI is InChI=1S/C14H26O4/c1-3-5-6-7-8-9-10-11-12-18-14(16)13(15)17-4-2/h3-12H2,1-2H3. The van der Waals surface area contributed by atoms with Gasteiger partial charge in [0.05, 0.1) is 13.2 Å². The molecular formula is C14H26O4. The van der Waals surface area contributed by atoms with E-state index in [-0.39, 0.29) is 6.61 Å². The summed E-state index contributed by atoms with van der Waals surface area (Å²) >= 11 is 0. The summed E-state index contributed by atoms with van der Waals surface area (Å²) in [5.74, 6) is -1.77. The molecule has 0 aromatic carbocycles. The normalized spacial score (nSPS) is 10.1. The van der Waals surface area contributed by atoms with Gasteiger partial charge in [-0.25, -0.2) is 9.59 Å². The first kappa shape index (κ1) is 16.9. The molecule has 0 fully saturated rings. The SMILES string of the molecule is CCCCCCCCCCOC(=O)C(=O)OCC. The van der Waals surface area contributed by atoms with Crippen LogP contribution in [0.1, 0.15) is 65.2 Å². The Bertz CT molecular complexity index is 226. The lowest BCUT2D eigenvalue weighted by Gasteiger charge is -2.04. The lowest BCUT2D eigenvalue weighted by molar-refractivity contribution is -0.167. The Kier molecular flexibility index (Phi) is 11.7. The van der Waals surface area contributed by atoms with Crippen LogP contribution in [0.25, 0.3) is 0 Å². The molecule has 106 valence electrons. The molecule has 0 heterocycles. The predicted molar refractivity (Wildman–Crippen MR) is 70.2 cm³/mol. The van der Waals surface area contributed by atoms with E-state index in [4.69, 9.17) is 4.74 Å². The summed E-state index contributed by atoms with van der Waals surface area (Å²) in [6.45, 7) is 4.37. The van der Waals surface area contributed by atoms with Crippen LogP contribution >= 0.6 is 0 Å². The van der Waals surface area contributed by atoms with E-state index in [0.717, 1.165) is 12.8 Å². The lowest BCUT2D eigenvalue weighted by atomic mass is 10.1. The van der Waals surface area contributed by atoms with E-state index in [2.05, 4.69) is 11.7 Å². The third-order valence-corrected chi connectivity index (χ3v) is 2.67. The van der Waals surface area contributed by atoms with Gasteiger partial charge < -0.3 is 9.47 Å². The Balaban J connectivity index is 3.25. The van der Waals surface area contributed by atoms with Gasteiger partial charge in [-0.05, 0) is 13.3 Å². The molecule has 0 unspecified atom stereocenters. The number of carbonyl (C=O) groups excluding carboxylic acids is 2. The fourth-order valence-corrected chi connectivity index (χ4v) is 1.65. The van der Waals surface area contributed by atoms with E-state index >= 15 is 0 Å². The van der Waals surface area contributed by atoms with Crippen molar-refractivity contribution < 1.29 is 19.1 Å². The zero-order chi connectivity index (χ0) is 13.6. The number of hydrogen-bond acceptors (Lipinski definition) is 4. The summed E-state index contributed by atoms with van der Waals surface area (Å²) < 4.78 is 9.31. The molecule has 18 heavy (non-hydrogen) atoms. The van der Waals surface area contributed by atoms with Gasteiger partial charge in [-0.1, -0.05) is 51.9 Å². The number of hydrogen-bond donors (Lipinski definition) is 0. The maximum absolute atomic E-state index is 11.0. The molecule has 0 atom stereocenters. The molecule has 0 spiro atoms. The summed E-state index contributed by atoms with van der Waals surface area (Å²) in [6, 6.07) is 0. The second-order valence-corrected chi connectivity index (χ2v) is 4.33. The number of esters is 2. The van der Waals surface area contributed by atoms with E-state index in [1.54, 1.807) is 6.92 Å². The van der Waals surface area contributed by atoms with E-state index < -0.39 is 11.9 Å². The predicted octanol–water partition coefficient (Wildman–Crippen LogP) is 3.23. The van der Waals surface area contributed by atoms with Crippen LogP contribution < -0.4 is 0 Å². The van der Waals surface area contributed by atoms with Gasteiger partial charge in [0.15, 0.2) is 0 Å². The Morgan fingerprint density at radius 1 is 0.722 bits per heavy atom. The molecular weight excluding hydrogens is 232 g/mol. The van der Waals surface area contributed by atoms with Crippen LogP contribution in [0.15, 0.2) is 0 Å². The zero-order valence-corrected chi connectivity index (χ0v) is 11.7. The number of rotatable bonds is 10. The van der Waals surface area contributed by atoms with Crippen LogP contribution in [-0.2, 0) is 19.1 Å². The first-order valence-corrected chi connectivity index (χ1v) is 7.06. The second kappa shape index (κ2) is 12.4. The molecule has 0 amide bonds. The summed E-state index contributed by atoms with van der Waals surface area (Å²) in [5, 5.41) is 0. The van der Waals surface area contributed by atoms with Gasteiger partial charge in [0.25, 0.3) is 0 Å². The Labute approximate surface area is 110 Å². The third kappa shape index (κ3) is 10.1. The van der Waals surface area contributed by atoms with Crippen LogP contribution in [0.4, 0.5) is 0 Å². The highest BCUT2D eigenvalue weighted by atomic mass is 16.6. The van der Waals surface area contributed by atoms with Gasteiger partial charge in [0, 0.05) is 0 Å². The molecule has 0 aliphatic carbocycles. The van der Waals surface area contributed by atoms with E-state index in [0.29, 0.717) is 6.61 Å². The van der Waals surface area contributed by atoms with Gasteiger partial charge in [-0.3, -0.25) is 0 Å². The first-order chi connectivity index (χ1) is 8.72. The van der Waals surface area contributed by atoms with Gasteiger partial charge in [-0.15, -0.1) is 0 Å². The van der Waals surface area contributed by atoms with Gasteiger partial charge in [0.2, 0.25) is 0 Å². The minimum Gasteiger partial charge on any atom is -0.458 e. The van der Waals surface area contributed by atoms with Crippen molar-refractivity contribution in [3.8, 4) is 0 Å². The fraction of sp³-hybridized carbons (Fsp3) is 0.857. The van der Waals surface area contributed by atoms with Gasteiger partial charge >= 0.3 is 11.9 Å². The highest BCUT2D eigenvalue weighted by Crippen LogP contribution is 2.08. The summed E-state index contributed by atoms with van der Waals surface area (Å²) in [4.78, 5) is 22.0. The molecule has 0 bridgehead atoms. The number of unbranched alkanes of at least 4 members (excludes halogenated alkanes) is 7. The molecule has 0 aromatic heterocycles. The van der Waals surface area contributed by atoms with Crippen LogP contribution in [0.5, 0.6) is 0 Å². The lowest BCUT2D eigenvalue weighted by Crippen LogP contribution is -2.20. The summed E-state index contributed by atoms with van der Waals surface area (Å²) in [5.41, 5.74) is 0. The quantitative estimate of drug-likeness (QED) is 0.343. The number of carbonyl (C=O) groups is 2. The van der Waals surface area contributed by atoms with Crippen molar-refractivity contribution in [1.82, 2.24) is 0 Å². The van der Waals surface area contributed by atoms with Crippen molar-refractivity contribution in [2.24, 2.45) is 0 Å². The average molecular weight is 258 g/mol. The minimum absolute atomic E-state index is 0.200. The molecule has 4 heteroatoms. The van der Waals surface area contributed by atoms with Crippen molar-refractivity contribution in [2.75, 3.05) is 13.2 Å². The largest absolute Gasteiger partial charge is 0.458 e. The maximum atomic E-state index is 11.0. The smallest absolute Gasteiger partial charge is 0.417 e. The Hall–Kier alpha value is -1.06. The van der Waals surface area contributed by atoms with Crippen molar-refractivity contribution in [3.63, 3.8) is 0 Å². The molecule has 0 saturated carbocycles. The monoisotopic (exact) mass is 258 g/mol. The molecule has 0 rings (SSSR count). The molecule has 4 nitrogen and oxygen atoms in total. The molecule has 0 aliphatic rings. The Morgan fingerprint density at radius 3 is 1.78 bits per heavy atom. The topological polar surface area (TPSA) is 52.6 Å². The van der Waals surface area contributed by atoms with Crippen molar-refractivity contribution >= 4 is 11.9 Å². The molecule has 0 N–H and O–H groups in total. The highest BCUT2D eigenvalue weighted by molar-refractivity contribution is 6.29.